The summed E-state index contributed by atoms with van der Waals surface area (Å²) in [6.07, 6.45) is 2.36. The van der Waals surface area contributed by atoms with Crippen molar-refractivity contribution in [1.82, 2.24) is 19.9 Å². The van der Waals surface area contributed by atoms with Crippen LogP contribution in [0, 0.1) is 19.7 Å². The largest absolute Gasteiger partial charge is 0.480 e. The molecule has 0 aliphatic heterocycles. The fourth-order valence-corrected chi connectivity index (χ4v) is 3.88. The minimum absolute atomic E-state index is 0.0448. The molecule has 7 nitrogen and oxygen atoms in total. The van der Waals surface area contributed by atoms with E-state index in [0.29, 0.717) is 46.2 Å². The van der Waals surface area contributed by atoms with Crippen LogP contribution >= 0.6 is 0 Å². The molecule has 0 spiro atoms. The summed E-state index contributed by atoms with van der Waals surface area (Å²) in [4.78, 5) is 30.0. The van der Waals surface area contributed by atoms with Crippen LogP contribution in [0.1, 0.15) is 45.3 Å². The Morgan fingerprint density at radius 1 is 1.14 bits per heavy atom. The number of ketones is 1. The molecule has 148 valence electrons. The first kappa shape index (κ1) is 18.9. The van der Waals surface area contributed by atoms with Gasteiger partial charge in [-0.1, -0.05) is 6.07 Å². The quantitative estimate of drug-likeness (QED) is 0.729. The number of carbonyl (C=O) groups excluding carboxylic acids is 1. The summed E-state index contributed by atoms with van der Waals surface area (Å²) in [6, 6.07) is 4.49. The third-order valence-corrected chi connectivity index (χ3v) is 5.17. The molecule has 0 unspecified atom stereocenters. The van der Waals surface area contributed by atoms with Crippen molar-refractivity contribution < 1.29 is 13.9 Å². The van der Waals surface area contributed by atoms with Crippen molar-refractivity contribution in [1.29, 1.82) is 0 Å². The molecule has 1 aliphatic rings. The Kier molecular flexibility index (Phi) is 4.70. The lowest BCUT2D eigenvalue weighted by Gasteiger charge is -2.26. The number of nitrogens with zero attached hydrogens (tertiary/aromatic N) is 4. The molecule has 2 aromatic heterocycles. The van der Waals surface area contributed by atoms with Crippen LogP contribution in [-0.4, -0.2) is 32.8 Å². The highest BCUT2D eigenvalue weighted by atomic mass is 19.1. The number of carbonyl (C=O) groups is 1. The molecule has 0 saturated carbocycles. The van der Waals surface area contributed by atoms with Crippen molar-refractivity contribution in [3.63, 3.8) is 0 Å². The van der Waals surface area contributed by atoms with Gasteiger partial charge in [0.25, 0.3) is 0 Å². The second kappa shape index (κ2) is 7.20. The first-order valence-corrected chi connectivity index (χ1v) is 9.21. The Labute approximate surface area is 167 Å². The van der Waals surface area contributed by atoms with E-state index in [1.165, 1.54) is 19.2 Å². The van der Waals surface area contributed by atoms with E-state index in [2.05, 4.69) is 19.9 Å². The molecule has 0 fully saturated rings. The van der Waals surface area contributed by atoms with E-state index >= 15 is 0 Å². The summed E-state index contributed by atoms with van der Waals surface area (Å²) < 4.78 is 19.4. The van der Waals surface area contributed by atoms with Gasteiger partial charge in [-0.25, -0.2) is 19.3 Å². The Hall–Kier alpha value is -3.42. The number of rotatable bonds is 3. The smallest absolute Gasteiger partial charge is 0.235 e. The highest BCUT2D eigenvalue weighted by molar-refractivity contribution is 6.00. The van der Waals surface area contributed by atoms with Gasteiger partial charge < -0.3 is 10.5 Å². The Bertz CT molecular complexity index is 1130. The molecule has 0 bridgehead atoms. The van der Waals surface area contributed by atoms with Gasteiger partial charge in [0.2, 0.25) is 11.8 Å². The fourth-order valence-electron chi connectivity index (χ4n) is 3.88. The lowest BCUT2D eigenvalue weighted by Crippen LogP contribution is -2.23. The summed E-state index contributed by atoms with van der Waals surface area (Å²) in [5.41, 5.74) is 10.0. The van der Waals surface area contributed by atoms with Crippen molar-refractivity contribution in [2.45, 2.75) is 32.6 Å². The summed E-state index contributed by atoms with van der Waals surface area (Å²) in [5, 5.41) is 0. The van der Waals surface area contributed by atoms with E-state index in [1.807, 2.05) is 0 Å². The third-order valence-electron chi connectivity index (χ3n) is 5.17. The zero-order valence-electron chi connectivity index (χ0n) is 16.4. The van der Waals surface area contributed by atoms with E-state index in [-0.39, 0.29) is 24.1 Å². The fraction of sp³-hybridized carbons (Fsp3) is 0.286. The summed E-state index contributed by atoms with van der Waals surface area (Å²) in [7, 11) is 1.51. The average Bonchev–Trinajstić information content (AvgIpc) is 2.67. The molecular formula is C21H20FN5O2. The average molecular weight is 393 g/mol. The molecule has 29 heavy (non-hydrogen) atoms. The zero-order valence-corrected chi connectivity index (χ0v) is 16.4. The molecule has 0 amide bonds. The number of Topliss-reactive ketones (excluding diaryl/α,β-unsaturated/α-hetero) is 1. The number of anilines is 1. The van der Waals surface area contributed by atoms with Gasteiger partial charge >= 0.3 is 0 Å². The monoisotopic (exact) mass is 393 g/mol. The van der Waals surface area contributed by atoms with Crippen molar-refractivity contribution in [3.8, 4) is 17.1 Å². The van der Waals surface area contributed by atoms with Gasteiger partial charge in [0.05, 0.1) is 41.6 Å². The molecule has 0 saturated heterocycles. The van der Waals surface area contributed by atoms with E-state index in [9.17, 15) is 9.18 Å². The highest BCUT2D eigenvalue weighted by Gasteiger charge is 2.31. The molecule has 2 heterocycles. The van der Waals surface area contributed by atoms with Gasteiger partial charge in [-0.05, 0) is 43.9 Å². The normalized spacial score (nSPS) is 15.9. The molecule has 0 radical (unpaired) electrons. The number of nitrogen functional groups attached to an aromatic ring is 1. The van der Waals surface area contributed by atoms with Crippen molar-refractivity contribution >= 4 is 11.7 Å². The summed E-state index contributed by atoms with van der Waals surface area (Å²) in [6.45, 7) is 3.54. The van der Waals surface area contributed by atoms with Crippen LogP contribution < -0.4 is 10.5 Å². The zero-order chi connectivity index (χ0) is 20.7. The number of ether oxygens (including phenoxy) is 1. The molecule has 4 rings (SSSR count). The topological polar surface area (TPSA) is 104 Å². The minimum atomic E-state index is -0.393. The first-order chi connectivity index (χ1) is 13.9. The van der Waals surface area contributed by atoms with Gasteiger partial charge in [-0.3, -0.25) is 9.78 Å². The predicted molar refractivity (Wildman–Crippen MR) is 105 cm³/mol. The maximum absolute atomic E-state index is 14.1. The number of halogens is 1. The van der Waals surface area contributed by atoms with Gasteiger partial charge in [0, 0.05) is 12.0 Å². The van der Waals surface area contributed by atoms with Crippen LogP contribution in [0.5, 0.6) is 5.88 Å². The number of hydrogen-bond donors (Lipinski definition) is 1. The maximum Gasteiger partial charge on any atom is 0.235 e. The Morgan fingerprint density at radius 2 is 1.93 bits per heavy atom. The SMILES string of the molecule is COc1nc(-c2cc(F)ccc2[C@@H]2CC(=O)c3c(C)nc(N)nc3C2)cnc1C. The van der Waals surface area contributed by atoms with E-state index < -0.39 is 5.82 Å². The third kappa shape index (κ3) is 3.41. The van der Waals surface area contributed by atoms with Gasteiger partial charge in [-0.2, -0.15) is 0 Å². The molecule has 1 aliphatic carbocycles. The van der Waals surface area contributed by atoms with Crippen LogP contribution in [0.25, 0.3) is 11.3 Å². The van der Waals surface area contributed by atoms with Crippen LogP contribution in [-0.2, 0) is 6.42 Å². The van der Waals surface area contributed by atoms with E-state index in [4.69, 9.17) is 10.5 Å². The number of hydrogen-bond acceptors (Lipinski definition) is 7. The first-order valence-electron chi connectivity index (χ1n) is 9.21. The standard InChI is InChI=1S/C21H20FN5O2/c1-10-19-16(27-21(23)25-10)6-12(7-18(19)28)14-5-4-13(22)8-15(14)17-9-24-11(2)20(26-17)29-3/h4-5,8-9,12H,6-7H2,1-3H3,(H2,23,25,27)/t12-/m0/s1. The van der Waals surface area contributed by atoms with Gasteiger partial charge in [0.1, 0.15) is 5.82 Å². The Balaban J connectivity index is 1.82. The molecule has 1 atom stereocenters. The van der Waals surface area contributed by atoms with Gasteiger partial charge in [-0.15, -0.1) is 0 Å². The second-order valence-corrected chi connectivity index (χ2v) is 7.10. The molecular weight excluding hydrogens is 373 g/mol. The molecule has 1 aromatic carbocycles. The van der Waals surface area contributed by atoms with E-state index in [1.54, 1.807) is 26.1 Å². The van der Waals surface area contributed by atoms with Crippen LogP contribution in [0.4, 0.5) is 10.3 Å². The molecule has 8 heteroatoms. The van der Waals surface area contributed by atoms with Crippen LogP contribution in [0.15, 0.2) is 24.4 Å². The summed E-state index contributed by atoms with van der Waals surface area (Å²) >= 11 is 0. The van der Waals surface area contributed by atoms with Crippen molar-refractivity contribution in [2.24, 2.45) is 0 Å². The van der Waals surface area contributed by atoms with Gasteiger partial charge in [0.15, 0.2) is 5.78 Å². The number of aryl methyl sites for hydroxylation is 2. The lowest BCUT2D eigenvalue weighted by molar-refractivity contribution is 0.0962. The maximum atomic E-state index is 14.1. The van der Waals surface area contributed by atoms with Crippen LogP contribution in [0.2, 0.25) is 0 Å². The molecule has 2 N–H and O–H groups in total. The number of fused-ring (bicyclic) bond motifs is 1. The lowest BCUT2D eigenvalue weighted by atomic mass is 9.79. The van der Waals surface area contributed by atoms with Crippen molar-refractivity contribution in [3.05, 3.63) is 58.4 Å². The summed E-state index contributed by atoms with van der Waals surface area (Å²) in [5.74, 6) is -0.109. The highest BCUT2D eigenvalue weighted by Crippen LogP contribution is 2.38. The predicted octanol–water partition coefficient (Wildman–Crippen LogP) is 3.19. The Morgan fingerprint density at radius 3 is 2.69 bits per heavy atom. The number of nitrogens with two attached hydrogens (primary N) is 1. The minimum Gasteiger partial charge on any atom is -0.480 e. The van der Waals surface area contributed by atoms with Crippen LogP contribution in [0.3, 0.4) is 0 Å². The van der Waals surface area contributed by atoms with Crippen molar-refractivity contribution in [2.75, 3.05) is 12.8 Å². The number of methoxy groups -OCH3 is 1. The number of benzene rings is 1. The number of aromatic nitrogens is 4. The molecule has 3 aromatic rings. The second-order valence-electron chi connectivity index (χ2n) is 7.10. The van der Waals surface area contributed by atoms with E-state index in [0.717, 1.165) is 5.56 Å².